The van der Waals surface area contributed by atoms with Crippen LogP contribution in [0.3, 0.4) is 0 Å². The average Bonchev–Trinajstić information content (AvgIpc) is 2.63. The van der Waals surface area contributed by atoms with E-state index in [1.165, 1.54) is 0 Å². The lowest BCUT2D eigenvalue weighted by atomic mass is 10.0. The fourth-order valence-corrected chi connectivity index (χ4v) is 2.20. The molecule has 0 radical (unpaired) electrons. The topological polar surface area (TPSA) is 71.1 Å². The number of aryl methyl sites for hydroxylation is 1. The fraction of sp³-hybridized carbons (Fsp3) is 0.579. The molecule has 0 saturated heterocycles. The minimum absolute atomic E-state index is 0.189. The summed E-state index contributed by atoms with van der Waals surface area (Å²) in [7, 11) is 0. The molecular weight excluding hydrogens is 324 g/mol. The van der Waals surface area contributed by atoms with E-state index >= 15 is 0 Å². The van der Waals surface area contributed by atoms with Crippen molar-refractivity contribution in [1.29, 1.82) is 0 Å². The molecule has 0 spiro atoms. The zero-order chi connectivity index (χ0) is 18.7. The normalized spacial score (nSPS) is 10.8. The summed E-state index contributed by atoms with van der Waals surface area (Å²) in [5.41, 5.74) is 1.35. The van der Waals surface area contributed by atoms with Crippen LogP contribution < -0.4 is 0 Å². The largest absolute Gasteiger partial charge is 0.462 e. The Morgan fingerprint density at radius 1 is 0.880 bits per heavy atom. The smallest absolute Gasteiger partial charge is 0.339 e. The molecule has 0 saturated carbocycles. The molecule has 0 aliphatic carbocycles. The highest BCUT2D eigenvalue weighted by Gasteiger charge is 2.23. The molecule has 1 rings (SSSR count). The maximum atomic E-state index is 12.6. The van der Waals surface area contributed by atoms with Crippen LogP contribution in [0.25, 0.3) is 0 Å². The second-order valence-electron chi connectivity index (χ2n) is 5.30. The van der Waals surface area contributed by atoms with E-state index in [1.807, 2.05) is 20.8 Å². The zero-order valence-corrected chi connectivity index (χ0v) is 15.5. The van der Waals surface area contributed by atoms with Crippen LogP contribution in [0.15, 0.2) is 18.2 Å². The molecule has 0 fully saturated rings. The number of benzene rings is 1. The van der Waals surface area contributed by atoms with Gasteiger partial charge in [0, 0.05) is 13.2 Å². The summed E-state index contributed by atoms with van der Waals surface area (Å²) >= 11 is 0. The summed E-state index contributed by atoms with van der Waals surface area (Å²) < 4.78 is 21.2. The van der Waals surface area contributed by atoms with Crippen molar-refractivity contribution >= 4 is 11.9 Å². The van der Waals surface area contributed by atoms with Gasteiger partial charge < -0.3 is 18.9 Å². The Kier molecular flexibility index (Phi) is 9.80. The molecular formula is C19H28O6. The van der Waals surface area contributed by atoms with E-state index < -0.39 is 18.0 Å². The molecule has 0 atom stereocenters. The number of carbonyl (C=O) groups excluding carboxylic acids is 2. The Hall–Kier alpha value is -1.92. The van der Waals surface area contributed by atoms with Gasteiger partial charge in [-0.05, 0) is 44.9 Å². The minimum Gasteiger partial charge on any atom is -0.462 e. The second-order valence-corrected chi connectivity index (χ2v) is 5.30. The van der Waals surface area contributed by atoms with E-state index in [9.17, 15) is 9.59 Å². The van der Waals surface area contributed by atoms with Gasteiger partial charge in [0.15, 0.2) is 0 Å². The first-order valence-corrected chi connectivity index (χ1v) is 8.73. The van der Waals surface area contributed by atoms with Gasteiger partial charge in [-0.3, -0.25) is 0 Å². The number of esters is 2. The van der Waals surface area contributed by atoms with Crippen molar-refractivity contribution < 1.29 is 28.5 Å². The molecule has 1 aromatic carbocycles. The van der Waals surface area contributed by atoms with Gasteiger partial charge in [-0.25, -0.2) is 9.59 Å². The lowest BCUT2D eigenvalue weighted by Crippen LogP contribution is -2.29. The van der Waals surface area contributed by atoms with E-state index in [4.69, 9.17) is 18.9 Å². The highest BCUT2D eigenvalue weighted by Crippen LogP contribution is 2.17. The van der Waals surface area contributed by atoms with Crippen molar-refractivity contribution in [3.05, 3.63) is 34.9 Å². The zero-order valence-electron chi connectivity index (χ0n) is 15.5. The van der Waals surface area contributed by atoms with Gasteiger partial charge in [-0.15, -0.1) is 0 Å². The van der Waals surface area contributed by atoms with E-state index in [0.29, 0.717) is 13.2 Å². The van der Waals surface area contributed by atoms with Gasteiger partial charge in [0.1, 0.15) is 6.10 Å². The molecule has 25 heavy (non-hydrogen) atoms. The number of carbonyl (C=O) groups is 2. The van der Waals surface area contributed by atoms with Crippen LogP contribution in [-0.2, 0) is 25.4 Å². The van der Waals surface area contributed by atoms with Crippen LogP contribution >= 0.6 is 0 Å². The van der Waals surface area contributed by atoms with Crippen LogP contribution in [0, 0.1) is 0 Å². The van der Waals surface area contributed by atoms with Crippen molar-refractivity contribution in [1.82, 2.24) is 0 Å². The van der Waals surface area contributed by atoms with Gasteiger partial charge in [-0.1, -0.05) is 13.0 Å². The molecule has 0 heterocycles. The second kappa shape index (κ2) is 11.6. The predicted octanol–water partition coefficient (Wildman–Crippen LogP) is 3.02. The van der Waals surface area contributed by atoms with E-state index in [2.05, 4.69) is 0 Å². The molecule has 0 aromatic heterocycles. The van der Waals surface area contributed by atoms with Crippen LogP contribution in [0.5, 0.6) is 0 Å². The maximum absolute atomic E-state index is 12.6. The fourth-order valence-electron chi connectivity index (χ4n) is 2.20. The van der Waals surface area contributed by atoms with Crippen LogP contribution in [0.4, 0.5) is 0 Å². The summed E-state index contributed by atoms with van der Waals surface area (Å²) in [5, 5.41) is 0. The van der Waals surface area contributed by atoms with Crippen LogP contribution in [0.1, 0.15) is 54.0 Å². The molecule has 0 aliphatic rings. The Labute approximate surface area is 149 Å². The van der Waals surface area contributed by atoms with Crippen molar-refractivity contribution in [2.45, 2.75) is 40.2 Å². The van der Waals surface area contributed by atoms with Crippen molar-refractivity contribution in [2.75, 3.05) is 33.0 Å². The average molecular weight is 352 g/mol. The van der Waals surface area contributed by atoms with Crippen molar-refractivity contribution in [3.63, 3.8) is 0 Å². The number of hydrogen-bond donors (Lipinski definition) is 0. The third-order valence-electron chi connectivity index (χ3n) is 3.50. The van der Waals surface area contributed by atoms with E-state index in [0.717, 1.165) is 12.0 Å². The van der Waals surface area contributed by atoms with Gasteiger partial charge in [0.2, 0.25) is 0 Å². The molecule has 0 aliphatic heterocycles. The third kappa shape index (κ3) is 6.84. The first-order chi connectivity index (χ1) is 12.1. The Morgan fingerprint density at radius 2 is 1.52 bits per heavy atom. The predicted molar refractivity (Wildman–Crippen MR) is 94.0 cm³/mol. The molecule has 1 aromatic rings. The Bertz CT molecular complexity index is 547. The summed E-state index contributed by atoms with van der Waals surface area (Å²) in [6, 6.07) is 5.08. The maximum Gasteiger partial charge on any atom is 0.339 e. The summed E-state index contributed by atoms with van der Waals surface area (Å²) in [4.78, 5) is 24.8. The van der Waals surface area contributed by atoms with Crippen molar-refractivity contribution in [2.24, 2.45) is 0 Å². The standard InChI is InChI=1S/C19H28O6/c1-5-14-9-10-16(17(11-14)18(20)24-8-4)19(21)25-15(12-22-6-2)13-23-7-3/h9-11,15H,5-8,12-13H2,1-4H3. The number of ether oxygens (including phenoxy) is 4. The molecule has 140 valence electrons. The summed E-state index contributed by atoms with van der Waals surface area (Å²) in [5.74, 6) is -1.12. The molecule has 6 heteroatoms. The van der Waals surface area contributed by atoms with Gasteiger partial charge in [0.25, 0.3) is 0 Å². The molecule has 0 amide bonds. The van der Waals surface area contributed by atoms with Crippen LogP contribution in [-0.4, -0.2) is 51.1 Å². The Balaban J connectivity index is 2.98. The highest BCUT2D eigenvalue weighted by molar-refractivity contribution is 6.03. The van der Waals surface area contributed by atoms with Gasteiger partial charge >= 0.3 is 11.9 Å². The van der Waals surface area contributed by atoms with Gasteiger partial charge in [0.05, 0.1) is 30.9 Å². The quantitative estimate of drug-likeness (QED) is 0.570. The number of hydrogen-bond acceptors (Lipinski definition) is 6. The van der Waals surface area contributed by atoms with Crippen molar-refractivity contribution in [3.8, 4) is 0 Å². The monoisotopic (exact) mass is 352 g/mol. The summed E-state index contributed by atoms with van der Waals surface area (Å²) in [6.45, 7) is 9.17. The molecule has 0 unspecified atom stereocenters. The van der Waals surface area contributed by atoms with Crippen LogP contribution in [0.2, 0.25) is 0 Å². The lowest BCUT2D eigenvalue weighted by molar-refractivity contribution is -0.0364. The number of rotatable bonds is 11. The third-order valence-corrected chi connectivity index (χ3v) is 3.50. The Morgan fingerprint density at radius 3 is 2.04 bits per heavy atom. The molecule has 6 nitrogen and oxygen atoms in total. The minimum atomic E-state index is -0.588. The first-order valence-electron chi connectivity index (χ1n) is 8.73. The molecule has 0 bridgehead atoms. The molecule has 0 N–H and O–H groups in total. The first kappa shape index (κ1) is 21.1. The summed E-state index contributed by atoms with van der Waals surface area (Å²) in [6.07, 6.45) is 0.215. The highest BCUT2D eigenvalue weighted by atomic mass is 16.6. The lowest BCUT2D eigenvalue weighted by Gasteiger charge is -2.18. The van der Waals surface area contributed by atoms with Gasteiger partial charge in [-0.2, -0.15) is 0 Å². The van der Waals surface area contributed by atoms with E-state index in [1.54, 1.807) is 25.1 Å². The SMILES string of the molecule is CCOCC(COCC)OC(=O)c1ccc(CC)cc1C(=O)OCC. The van der Waals surface area contributed by atoms with E-state index in [-0.39, 0.29) is 30.9 Å².